The third-order valence-corrected chi connectivity index (χ3v) is 4.02. The highest BCUT2D eigenvalue weighted by Crippen LogP contribution is 2.30. The van der Waals surface area contributed by atoms with Crippen molar-refractivity contribution in [3.63, 3.8) is 0 Å². The zero-order valence-corrected chi connectivity index (χ0v) is 18.0. The van der Waals surface area contributed by atoms with Gasteiger partial charge in [0.15, 0.2) is 5.75 Å². The van der Waals surface area contributed by atoms with Gasteiger partial charge in [0.25, 0.3) is 5.69 Å². The summed E-state index contributed by atoms with van der Waals surface area (Å²) in [7, 11) is 2.61. The van der Waals surface area contributed by atoms with Crippen LogP contribution in [0.5, 0.6) is 11.5 Å². The highest BCUT2D eigenvalue weighted by atomic mass is 16.6. The van der Waals surface area contributed by atoms with E-state index in [0.717, 1.165) is 4.58 Å². The molecule has 2 rings (SSSR count). The van der Waals surface area contributed by atoms with Crippen molar-refractivity contribution in [1.29, 1.82) is 0 Å². The van der Waals surface area contributed by atoms with Gasteiger partial charge in [-0.05, 0) is 45.0 Å². The first-order chi connectivity index (χ1) is 14.5. The fourth-order valence-electron chi connectivity index (χ4n) is 2.60. The molecule has 0 aliphatic heterocycles. The second kappa shape index (κ2) is 9.29. The van der Waals surface area contributed by atoms with E-state index in [9.17, 15) is 19.5 Å². The number of hydrogen-bond donors (Lipinski definition) is 2. The van der Waals surface area contributed by atoms with Gasteiger partial charge in [-0.2, -0.15) is 0 Å². The molecule has 0 fully saturated rings. The molecule has 9 heteroatoms. The lowest BCUT2D eigenvalue weighted by molar-refractivity contribution is -0.326. The van der Waals surface area contributed by atoms with E-state index in [1.165, 1.54) is 50.6 Å². The van der Waals surface area contributed by atoms with Gasteiger partial charge in [-0.3, -0.25) is 5.32 Å². The Morgan fingerprint density at radius 2 is 1.68 bits per heavy atom. The molecule has 0 spiro atoms. The average molecular weight is 429 g/mol. The van der Waals surface area contributed by atoms with Crippen LogP contribution in [0, 0.1) is 0 Å². The maximum Gasteiger partial charge on any atom is 0.424 e. The van der Waals surface area contributed by atoms with Crippen molar-refractivity contribution in [2.24, 2.45) is 0 Å². The topological polar surface area (TPSA) is 114 Å². The van der Waals surface area contributed by atoms with Crippen LogP contribution in [-0.2, 0) is 9.47 Å². The fourth-order valence-corrected chi connectivity index (χ4v) is 2.60. The third kappa shape index (κ3) is 5.81. The van der Waals surface area contributed by atoms with E-state index >= 15 is 0 Å². The van der Waals surface area contributed by atoms with Crippen LogP contribution >= 0.6 is 0 Å². The summed E-state index contributed by atoms with van der Waals surface area (Å²) in [6.45, 7) is 8.90. The van der Waals surface area contributed by atoms with Gasteiger partial charge in [0.2, 0.25) is 0 Å². The lowest BCUT2D eigenvalue weighted by atomic mass is 10.1. The van der Waals surface area contributed by atoms with Crippen molar-refractivity contribution in [3.05, 3.63) is 47.5 Å². The molecule has 0 aliphatic carbocycles. The first-order valence-electron chi connectivity index (χ1n) is 9.21. The number of hydrogen-bond acceptors (Lipinski definition) is 7. The Balaban J connectivity index is 2.26. The highest BCUT2D eigenvalue weighted by molar-refractivity contribution is 5.94. The average Bonchev–Trinajstić information content (AvgIpc) is 2.70. The molecule has 0 saturated carbocycles. The van der Waals surface area contributed by atoms with Crippen molar-refractivity contribution in [2.75, 3.05) is 19.5 Å². The zero-order chi connectivity index (χ0) is 23.3. The Labute approximate surface area is 179 Å². The molecule has 0 atom stereocenters. The molecule has 2 aromatic carbocycles. The fraction of sp³-hybridized carbons (Fsp3) is 0.273. The molecule has 9 nitrogen and oxygen atoms in total. The Kier molecular flexibility index (Phi) is 7.01. The van der Waals surface area contributed by atoms with Crippen LogP contribution in [0.3, 0.4) is 0 Å². The molecule has 164 valence electrons. The van der Waals surface area contributed by atoms with Crippen LogP contribution < -0.4 is 10.1 Å². The summed E-state index contributed by atoms with van der Waals surface area (Å²) >= 11 is 0. The minimum absolute atomic E-state index is 0.0903. The second-order valence-corrected chi connectivity index (χ2v) is 7.47. The van der Waals surface area contributed by atoms with Crippen LogP contribution in [0.1, 0.15) is 41.5 Å². The largest absolute Gasteiger partial charge is 0.502 e. The lowest BCUT2D eigenvalue weighted by Crippen LogP contribution is -2.27. The van der Waals surface area contributed by atoms with E-state index < -0.39 is 23.6 Å². The van der Waals surface area contributed by atoms with Gasteiger partial charge >= 0.3 is 18.0 Å². The molecular formula is C22H25N2O7+. The standard InChI is InChI=1S/C22H24N2O7/c1-22(2,3)31-21(28)23-15-9-7-13(12-18(15)29-5)19(26)24(4)16-10-8-14(11-17(16)25)20(27)30-6/h7-12H,4H2,1-3,5-6H3,(H-,23,25,26,28)/p+1. The van der Waals surface area contributed by atoms with Crippen LogP contribution in [0.15, 0.2) is 36.4 Å². The number of carbonyl (C=O) groups excluding carboxylic acids is 3. The quantitative estimate of drug-likeness (QED) is 0.423. The number of benzene rings is 2. The molecule has 0 saturated heterocycles. The minimum Gasteiger partial charge on any atom is -0.502 e. The number of aromatic hydroxyl groups is 1. The number of nitrogens with zero attached hydrogens (tertiary/aromatic N) is 1. The number of phenolic OH excluding ortho intramolecular Hbond substituents is 1. The van der Waals surface area contributed by atoms with E-state index in [1.54, 1.807) is 20.8 Å². The number of methoxy groups -OCH3 is 2. The van der Waals surface area contributed by atoms with Crippen LogP contribution in [0.2, 0.25) is 0 Å². The number of rotatable bonds is 5. The van der Waals surface area contributed by atoms with Gasteiger partial charge in [-0.1, -0.05) is 0 Å². The molecule has 0 unspecified atom stereocenters. The maximum absolute atomic E-state index is 12.9. The predicted molar refractivity (Wildman–Crippen MR) is 114 cm³/mol. The summed E-state index contributed by atoms with van der Waals surface area (Å²) in [5, 5.41) is 12.8. The van der Waals surface area contributed by atoms with Gasteiger partial charge in [0.1, 0.15) is 18.1 Å². The van der Waals surface area contributed by atoms with E-state index in [2.05, 4.69) is 16.8 Å². The van der Waals surface area contributed by atoms with Gasteiger partial charge in [0.05, 0.1) is 31.0 Å². The van der Waals surface area contributed by atoms with E-state index in [-0.39, 0.29) is 28.3 Å². The number of carbonyl (C=O) groups is 3. The molecule has 0 aromatic heterocycles. The molecular weight excluding hydrogens is 404 g/mol. The number of amides is 2. The Morgan fingerprint density at radius 1 is 1.03 bits per heavy atom. The number of nitrogens with one attached hydrogen (secondary N) is 1. The van der Waals surface area contributed by atoms with Crippen molar-refractivity contribution in [1.82, 2.24) is 0 Å². The summed E-state index contributed by atoms with van der Waals surface area (Å²) in [4.78, 5) is 36.4. The summed E-state index contributed by atoms with van der Waals surface area (Å²) in [6.07, 6.45) is -0.667. The van der Waals surface area contributed by atoms with Crippen molar-refractivity contribution < 1.29 is 38.3 Å². The Hall–Kier alpha value is -3.88. The first-order valence-corrected chi connectivity index (χ1v) is 9.21. The summed E-state index contributed by atoms with van der Waals surface area (Å²) in [5.74, 6) is -1.26. The Bertz CT molecular complexity index is 1040. The molecule has 2 aromatic rings. The van der Waals surface area contributed by atoms with Gasteiger partial charge < -0.3 is 19.3 Å². The maximum atomic E-state index is 12.9. The van der Waals surface area contributed by atoms with Gasteiger partial charge in [-0.15, -0.1) is 4.58 Å². The zero-order valence-electron chi connectivity index (χ0n) is 18.0. The number of esters is 1. The molecule has 2 amide bonds. The summed E-state index contributed by atoms with van der Waals surface area (Å²) < 4.78 is 16.1. The number of ether oxygens (including phenoxy) is 3. The lowest BCUT2D eigenvalue weighted by Gasteiger charge is -2.20. The van der Waals surface area contributed by atoms with E-state index in [0.29, 0.717) is 5.69 Å². The van der Waals surface area contributed by atoms with Gasteiger partial charge in [0, 0.05) is 12.1 Å². The van der Waals surface area contributed by atoms with E-state index in [4.69, 9.17) is 9.47 Å². The monoisotopic (exact) mass is 429 g/mol. The smallest absolute Gasteiger partial charge is 0.424 e. The predicted octanol–water partition coefficient (Wildman–Crippen LogP) is 3.72. The molecule has 2 N–H and O–H groups in total. The van der Waals surface area contributed by atoms with Crippen LogP contribution in [0.25, 0.3) is 0 Å². The van der Waals surface area contributed by atoms with Crippen molar-refractivity contribution >= 4 is 36.1 Å². The number of phenols is 1. The molecule has 31 heavy (non-hydrogen) atoms. The van der Waals surface area contributed by atoms with Gasteiger partial charge in [-0.25, -0.2) is 14.4 Å². The highest BCUT2D eigenvalue weighted by Gasteiger charge is 2.26. The Morgan fingerprint density at radius 3 is 2.23 bits per heavy atom. The SMILES string of the molecule is C=[N+](C(=O)c1ccc(NC(=O)OC(C)(C)C)c(OC)c1)c1ccc(C(=O)OC)cc1O. The van der Waals surface area contributed by atoms with Crippen molar-refractivity contribution in [2.45, 2.75) is 26.4 Å². The van der Waals surface area contributed by atoms with Crippen molar-refractivity contribution in [3.8, 4) is 11.5 Å². The number of anilines is 1. The molecule has 0 aliphatic rings. The minimum atomic E-state index is -0.674. The van der Waals surface area contributed by atoms with Crippen LogP contribution in [0.4, 0.5) is 16.2 Å². The molecule has 0 heterocycles. The third-order valence-electron chi connectivity index (χ3n) is 4.02. The van der Waals surface area contributed by atoms with Crippen LogP contribution in [-0.4, -0.2) is 54.2 Å². The molecule has 0 bridgehead atoms. The second-order valence-electron chi connectivity index (χ2n) is 7.47. The van der Waals surface area contributed by atoms with E-state index in [1.807, 2.05) is 0 Å². The summed E-state index contributed by atoms with van der Waals surface area (Å²) in [6, 6.07) is 8.34. The molecule has 0 radical (unpaired) electrons. The summed E-state index contributed by atoms with van der Waals surface area (Å²) in [5.41, 5.74) is 0.0520. The normalized spacial score (nSPS) is 10.7. The first kappa shape index (κ1) is 23.4.